The maximum absolute atomic E-state index is 9.51. The third-order valence-electron chi connectivity index (χ3n) is 3.36. The summed E-state index contributed by atoms with van der Waals surface area (Å²) >= 11 is 0. The fraction of sp³-hybridized carbons (Fsp3) is 0.333. The number of rotatable bonds is 4. The smallest absolute Gasteiger partial charge is 0.164 e. The van der Waals surface area contributed by atoms with Crippen molar-refractivity contribution < 1.29 is 5.11 Å². The summed E-state index contributed by atoms with van der Waals surface area (Å²) in [4.78, 5) is 13.2. The third-order valence-corrected chi connectivity index (χ3v) is 3.36. The fourth-order valence-electron chi connectivity index (χ4n) is 2.34. The molecule has 3 heterocycles. The first-order chi connectivity index (χ1) is 10.6. The highest BCUT2D eigenvalue weighted by molar-refractivity contribution is 5.90. The highest BCUT2D eigenvalue weighted by Gasteiger charge is 2.16. The Morgan fingerprint density at radius 2 is 2.00 bits per heavy atom. The summed E-state index contributed by atoms with van der Waals surface area (Å²) < 4.78 is 1.74. The Bertz CT molecular complexity index is 797. The van der Waals surface area contributed by atoms with Crippen LogP contribution in [0.5, 0.6) is 0 Å². The molecule has 0 saturated heterocycles. The minimum atomic E-state index is -0.466. The number of aromatic nitrogens is 5. The van der Waals surface area contributed by atoms with Gasteiger partial charge in [-0.1, -0.05) is 0 Å². The average molecular weight is 298 g/mol. The van der Waals surface area contributed by atoms with E-state index in [0.717, 1.165) is 22.3 Å². The van der Waals surface area contributed by atoms with E-state index in [4.69, 9.17) is 0 Å². The van der Waals surface area contributed by atoms with Crippen molar-refractivity contribution in [2.45, 2.75) is 20.0 Å². The SMILES string of the molecule is Cc1nn(C)c2nc(-c3ccncc3)nc(NC[C@@H](C)O)c12. The molecule has 0 aliphatic rings. The molecule has 3 aromatic rings. The van der Waals surface area contributed by atoms with Crippen LogP contribution < -0.4 is 5.32 Å². The van der Waals surface area contributed by atoms with Gasteiger partial charge in [-0.05, 0) is 26.0 Å². The first-order valence-electron chi connectivity index (χ1n) is 7.10. The number of nitrogens with zero attached hydrogens (tertiary/aromatic N) is 5. The van der Waals surface area contributed by atoms with Crippen molar-refractivity contribution in [1.82, 2.24) is 24.7 Å². The number of nitrogens with one attached hydrogen (secondary N) is 1. The van der Waals surface area contributed by atoms with E-state index in [1.165, 1.54) is 0 Å². The quantitative estimate of drug-likeness (QED) is 0.759. The molecule has 0 aromatic carbocycles. The normalized spacial score (nSPS) is 12.5. The van der Waals surface area contributed by atoms with E-state index in [2.05, 4.69) is 25.4 Å². The molecule has 0 aliphatic carbocycles. The zero-order valence-corrected chi connectivity index (χ0v) is 12.8. The number of aliphatic hydroxyl groups excluding tert-OH is 1. The lowest BCUT2D eigenvalue weighted by Gasteiger charge is -2.11. The first-order valence-corrected chi connectivity index (χ1v) is 7.10. The van der Waals surface area contributed by atoms with Crippen molar-refractivity contribution in [3.8, 4) is 11.4 Å². The molecule has 114 valence electrons. The van der Waals surface area contributed by atoms with E-state index < -0.39 is 6.10 Å². The Kier molecular flexibility index (Phi) is 3.72. The van der Waals surface area contributed by atoms with Gasteiger partial charge in [0.15, 0.2) is 11.5 Å². The van der Waals surface area contributed by atoms with Gasteiger partial charge in [0.05, 0.1) is 17.2 Å². The van der Waals surface area contributed by atoms with Crippen LogP contribution in [-0.4, -0.2) is 42.5 Å². The van der Waals surface area contributed by atoms with Gasteiger partial charge >= 0.3 is 0 Å². The van der Waals surface area contributed by atoms with Crippen molar-refractivity contribution in [2.75, 3.05) is 11.9 Å². The summed E-state index contributed by atoms with van der Waals surface area (Å²) in [5.74, 6) is 1.29. The summed E-state index contributed by atoms with van der Waals surface area (Å²) in [6, 6.07) is 3.73. The topological polar surface area (TPSA) is 88.8 Å². The van der Waals surface area contributed by atoms with E-state index >= 15 is 0 Å². The molecule has 0 unspecified atom stereocenters. The molecule has 0 aliphatic heterocycles. The number of hydrogen-bond acceptors (Lipinski definition) is 6. The number of pyridine rings is 1. The van der Waals surface area contributed by atoms with Crippen LogP contribution >= 0.6 is 0 Å². The lowest BCUT2D eigenvalue weighted by Crippen LogP contribution is -2.16. The van der Waals surface area contributed by atoms with Crippen molar-refractivity contribution >= 4 is 16.9 Å². The van der Waals surface area contributed by atoms with Gasteiger partial charge in [-0.25, -0.2) is 9.97 Å². The van der Waals surface area contributed by atoms with Crippen molar-refractivity contribution in [3.63, 3.8) is 0 Å². The zero-order chi connectivity index (χ0) is 15.7. The van der Waals surface area contributed by atoms with Crippen LogP contribution in [0.2, 0.25) is 0 Å². The predicted octanol–water partition coefficient (Wildman–Crippen LogP) is 1.53. The van der Waals surface area contributed by atoms with Gasteiger partial charge in [0.2, 0.25) is 0 Å². The molecule has 0 saturated carbocycles. The van der Waals surface area contributed by atoms with Gasteiger partial charge in [0.1, 0.15) is 5.82 Å². The predicted molar refractivity (Wildman–Crippen MR) is 84.4 cm³/mol. The third kappa shape index (κ3) is 2.62. The van der Waals surface area contributed by atoms with E-state index in [9.17, 15) is 5.11 Å². The lowest BCUT2D eigenvalue weighted by atomic mass is 10.2. The number of anilines is 1. The van der Waals surface area contributed by atoms with E-state index in [-0.39, 0.29) is 0 Å². The molecule has 0 radical (unpaired) electrons. The van der Waals surface area contributed by atoms with Gasteiger partial charge in [-0.3, -0.25) is 9.67 Å². The molecular formula is C15H18N6O. The van der Waals surface area contributed by atoms with E-state index in [0.29, 0.717) is 18.2 Å². The second-order valence-corrected chi connectivity index (χ2v) is 5.27. The van der Waals surface area contributed by atoms with E-state index in [1.807, 2.05) is 26.1 Å². The van der Waals surface area contributed by atoms with Gasteiger partial charge < -0.3 is 10.4 Å². The Hall–Kier alpha value is -2.54. The molecule has 0 bridgehead atoms. The van der Waals surface area contributed by atoms with Crippen molar-refractivity contribution in [2.24, 2.45) is 7.05 Å². The summed E-state index contributed by atoms with van der Waals surface area (Å²) in [6.45, 7) is 4.06. The van der Waals surface area contributed by atoms with Crippen LogP contribution in [0.15, 0.2) is 24.5 Å². The first kappa shape index (κ1) is 14.4. The van der Waals surface area contributed by atoms with Crippen LogP contribution in [-0.2, 0) is 7.05 Å². The molecule has 3 aromatic heterocycles. The van der Waals surface area contributed by atoms with Crippen LogP contribution in [0.1, 0.15) is 12.6 Å². The summed E-state index contributed by atoms with van der Waals surface area (Å²) in [6.07, 6.45) is 2.95. The number of fused-ring (bicyclic) bond motifs is 1. The average Bonchev–Trinajstić information content (AvgIpc) is 2.80. The fourth-order valence-corrected chi connectivity index (χ4v) is 2.34. The zero-order valence-electron chi connectivity index (χ0n) is 12.8. The molecule has 0 spiro atoms. The summed E-state index contributed by atoms with van der Waals surface area (Å²) in [7, 11) is 1.86. The molecule has 3 rings (SSSR count). The minimum Gasteiger partial charge on any atom is -0.392 e. The Morgan fingerprint density at radius 3 is 2.68 bits per heavy atom. The summed E-state index contributed by atoms with van der Waals surface area (Å²) in [5.41, 5.74) is 2.50. The van der Waals surface area contributed by atoms with Crippen molar-refractivity contribution in [3.05, 3.63) is 30.2 Å². The Morgan fingerprint density at radius 1 is 1.27 bits per heavy atom. The van der Waals surface area contributed by atoms with Gasteiger partial charge in [0, 0.05) is 31.5 Å². The molecule has 7 nitrogen and oxygen atoms in total. The number of aryl methyl sites for hydroxylation is 2. The Labute approximate surface area is 128 Å². The van der Waals surface area contributed by atoms with Crippen LogP contribution in [0.25, 0.3) is 22.4 Å². The second kappa shape index (κ2) is 5.69. The van der Waals surface area contributed by atoms with Crippen LogP contribution in [0.3, 0.4) is 0 Å². The van der Waals surface area contributed by atoms with Gasteiger partial charge in [-0.15, -0.1) is 0 Å². The number of aliphatic hydroxyl groups is 1. The molecule has 2 N–H and O–H groups in total. The van der Waals surface area contributed by atoms with Crippen LogP contribution in [0.4, 0.5) is 5.82 Å². The molecule has 0 fully saturated rings. The largest absolute Gasteiger partial charge is 0.392 e. The number of hydrogen-bond donors (Lipinski definition) is 2. The minimum absolute atomic E-state index is 0.413. The molecule has 7 heteroatoms. The van der Waals surface area contributed by atoms with Gasteiger partial charge in [-0.2, -0.15) is 5.10 Å². The molecule has 22 heavy (non-hydrogen) atoms. The molecular weight excluding hydrogens is 280 g/mol. The molecule has 0 amide bonds. The van der Waals surface area contributed by atoms with Crippen molar-refractivity contribution in [1.29, 1.82) is 0 Å². The monoisotopic (exact) mass is 298 g/mol. The van der Waals surface area contributed by atoms with Crippen LogP contribution in [0, 0.1) is 6.92 Å². The highest BCUT2D eigenvalue weighted by atomic mass is 16.3. The maximum Gasteiger partial charge on any atom is 0.164 e. The lowest BCUT2D eigenvalue weighted by molar-refractivity contribution is 0.208. The maximum atomic E-state index is 9.51. The van der Waals surface area contributed by atoms with E-state index in [1.54, 1.807) is 24.0 Å². The second-order valence-electron chi connectivity index (χ2n) is 5.27. The molecule has 1 atom stereocenters. The van der Waals surface area contributed by atoms with Gasteiger partial charge in [0.25, 0.3) is 0 Å². The highest BCUT2D eigenvalue weighted by Crippen LogP contribution is 2.26. The standard InChI is InChI=1S/C15H18N6O/c1-9(22)8-17-14-12-10(2)20-21(3)15(12)19-13(18-14)11-4-6-16-7-5-11/h4-7,9,22H,8H2,1-3H3,(H,17,18,19)/t9-/m1/s1. The Balaban J connectivity index is 2.17. The summed E-state index contributed by atoms with van der Waals surface area (Å²) in [5, 5.41) is 18.0.